The molecule has 1 unspecified atom stereocenters. The lowest BCUT2D eigenvalue weighted by molar-refractivity contribution is -0.126. The minimum atomic E-state index is -0.363. The second kappa shape index (κ2) is 8.30. The number of nitrogens with zero attached hydrogens (tertiary/aromatic N) is 4. The first-order chi connectivity index (χ1) is 13.7. The fraction of sp³-hybridized carbons (Fsp3) is 0.316. The minimum Gasteiger partial charge on any atom is -0.355 e. The van der Waals surface area contributed by atoms with Crippen LogP contribution in [0.25, 0.3) is 0 Å². The predicted octanol–water partition coefficient (Wildman–Crippen LogP) is 1.56. The van der Waals surface area contributed by atoms with Crippen LogP contribution in [-0.4, -0.2) is 45.3 Å². The molecule has 1 aliphatic heterocycles. The summed E-state index contributed by atoms with van der Waals surface area (Å²) in [5.41, 5.74) is 2.18. The number of carbonyl (C=O) groups excluding carboxylic acids is 2. The van der Waals surface area contributed by atoms with Gasteiger partial charge in [0.1, 0.15) is 5.01 Å². The molecule has 1 aromatic carbocycles. The van der Waals surface area contributed by atoms with Gasteiger partial charge >= 0.3 is 0 Å². The van der Waals surface area contributed by atoms with Crippen LogP contribution in [0.3, 0.4) is 0 Å². The molecule has 0 saturated carbocycles. The number of amides is 2. The van der Waals surface area contributed by atoms with Gasteiger partial charge in [0.25, 0.3) is 0 Å². The lowest BCUT2D eigenvalue weighted by atomic mass is 10.1. The van der Waals surface area contributed by atoms with Crippen molar-refractivity contribution in [2.75, 3.05) is 18.0 Å². The summed E-state index contributed by atoms with van der Waals surface area (Å²) < 4.78 is 0. The van der Waals surface area contributed by atoms with Gasteiger partial charge in [-0.15, -0.1) is 10.2 Å². The highest BCUT2D eigenvalue weighted by Gasteiger charge is 2.36. The number of benzene rings is 1. The summed E-state index contributed by atoms with van der Waals surface area (Å²) >= 11 is 1.40. The highest BCUT2D eigenvalue weighted by atomic mass is 32.1. The zero-order valence-electron chi connectivity index (χ0n) is 15.2. The van der Waals surface area contributed by atoms with E-state index in [0.29, 0.717) is 31.1 Å². The van der Waals surface area contributed by atoms with Crippen LogP contribution in [0.15, 0.2) is 42.7 Å². The minimum absolute atomic E-state index is 0.0857. The summed E-state index contributed by atoms with van der Waals surface area (Å²) in [6.45, 7) is 0.861. The molecule has 2 amide bonds. The van der Waals surface area contributed by atoms with Crippen molar-refractivity contribution in [3.8, 4) is 0 Å². The molecule has 3 aromatic rings. The monoisotopic (exact) mass is 396 g/mol. The van der Waals surface area contributed by atoms with Gasteiger partial charge in [-0.05, 0) is 17.5 Å². The lowest BCUT2D eigenvalue weighted by Crippen LogP contribution is -2.34. The van der Waals surface area contributed by atoms with Gasteiger partial charge in [0.05, 0.1) is 12.1 Å². The van der Waals surface area contributed by atoms with E-state index in [4.69, 9.17) is 0 Å². The van der Waals surface area contributed by atoms with Crippen LogP contribution in [0, 0.1) is 5.92 Å². The largest absolute Gasteiger partial charge is 0.355 e. The second-order valence-electron chi connectivity index (χ2n) is 6.69. The van der Waals surface area contributed by atoms with E-state index >= 15 is 0 Å². The molecule has 0 aliphatic carbocycles. The summed E-state index contributed by atoms with van der Waals surface area (Å²) in [5, 5.41) is 19.3. The Balaban J connectivity index is 1.32. The second-order valence-corrected chi connectivity index (χ2v) is 7.73. The zero-order chi connectivity index (χ0) is 19.3. The Kier molecular flexibility index (Phi) is 5.43. The van der Waals surface area contributed by atoms with Crippen LogP contribution in [0.2, 0.25) is 0 Å². The first-order valence-corrected chi connectivity index (χ1v) is 9.93. The Morgan fingerprint density at radius 2 is 2.11 bits per heavy atom. The van der Waals surface area contributed by atoms with Crippen molar-refractivity contribution < 1.29 is 9.59 Å². The van der Waals surface area contributed by atoms with Crippen LogP contribution in [-0.2, 0) is 22.4 Å². The van der Waals surface area contributed by atoms with Gasteiger partial charge in [-0.25, -0.2) is 0 Å². The molecular weight excluding hydrogens is 376 g/mol. The van der Waals surface area contributed by atoms with Crippen molar-refractivity contribution in [1.82, 2.24) is 25.7 Å². The molecule has 0 spiro atoms. The number of hydrogen-bond acceptors (Lipinski definition) is 6. The number of hydrogen-bond donors (Lipinski definition) is 2. The SMILES string of the molecule is O=C(NCCc1cn[nH]c1)C1CC(=O)N(c2nnc(Cc3ccccc3)s2)C1. The van der Waals surface area contributed by atoms with Crippen molar-refractivity contribution in [3.05, 3.63) is 58.9 Å². The van der Waals surface area contributed by atoms with Gasteiger partial charge in [-0.2, -0.15) is 5.10 Å². The number of aromatic nitrogens is 4. The van der Waals surface area contributed by atoms with Gasteiger partial charge in [-0.1, -0.05) is 41.7 Å². The fourth-order valence-corrected chi connectivity index (χ4v) is 4.05. The molecule has 0 bridgehead atoms. The van der Waals surface area contributed by atoms with Gasteiger partial charge < -0.3 is 5.32 Å². The number of carbonyl (C=O) groups is 2. The maximum Gasteiger partial charge on any atom is 0.229 e. The quantitative estimate of drug-likeness (QED) is 0.631. The average molecular weight is 396 g/mol. The van der Waals surface area contributed by atoms with E-state index in [1.807, 2.05) is 30.3 Å². The third kappa shape index (κ3) is 4.25. The molecular formula is C19H20N6O2S. The van der Waals surface area contributed by atoms with Crippen molar-refractivity contribution in [2.24, 2.45) is 5.92 Å². The maximum absolute atomic E-state index is 12.4. The van der Waals surface area contributed by atoms with Crippen LogP contribution in [0.5, 0.6) is 0 Å². The van der Waals surface area contributed by atoms with E-state index in [9.17, 15) is 9.59 Å². The van der Waals surface area contributed by atoms with Crippen molar-refractivity contribution in [2.45, 2.75) is 19.3 Å². The Bertz CT molecular complexity index is 941. The van der Waals surface area contributed by atoms with Crippen LogP contribution < -0.4 is 10.2 Å². The predicted molar refractivity (Wildman–Crippen MR) is 105 cm³/mol. The van der Waals surface area contributed by atoms with Gasteiger partial charge in [-0.3, -0.25) is 19.6 Å². The summed E-state index contributed by atoms with van der Waals surface area (Å²) in [6, 6.07) is 10.0. The van der Waals surface area contributed by atoms with Crippen molar-refractivity contribution in [1.29, 1.82) is 0 Å². The number of rotatable bonds is 7. The van der Waals surface area contributed by atoms with E-state index in [1.54, 1.807) is 17.3 Å². The molecule has 2 aromatic heterocycles. The number of H-pyrrole nitrogens is 1. The Hall–Kier alpha value is -3.07. The smallest absolute Gasteiger partial charge is 0.229 e. The van der Waals surface area contributed by atoms with E-state index in [1.165, 1.54) is 11.3 Å². The molecule has 0 radical (unpaired) electrons. The van der Waals surface area contributed by atoms with Crippen LogP contribution in [0.4, 0.5) is 5.13 Å². The molecule has 3 heterocycles. The van der Waals surface area contributed by atoms with Crippen LogP contribution >= 0.6 is 11.3 Å². The average Bonchev–Trinajstić information content (AvgIpc) is 3.44. The standard InChI is InChI=1S/C19H20N6O2S/c26-17-9-15(18(27)20-7-6-14-10-21-22-11-14)12-25(17)19-24-23-16(28-19)8-13-4-2-1-3-5-13/h1-5,10-11,15H,6-9,12H2,(H,20,27)(H,21,22). The maximum atomic E-state index is 12.4. The highest BCUT2D eigenvalue weighted by molar-refractivity contribution is 7.15. The first kappa shape index (κ1) is 18.3. The molecule has 2 N–H and O–H groups in total. The van der Waals surface area contributed by atoms with Gasteiger partial charge in [0.15, 0.2) is 0 Å². The van der Waals surface area contributed by atoms with Crippen molar-refractivity contribution in [3.63, 3.8) is 0 Å². The molecule has 28 heavy (non-hydrogen) atoms. The molecule has 4 rings (SSSR count). The van der Waals surface area contributed by atoms with Crippen LogP contribution in [0.1, 0.15) is 22.6 Å². The lowest BCUT2D eigenvalue weighted by Gasteiger charge is -2.12. The topological polar surface area (TPSA) is 104 Å². The van der Waals surface area contributed by atoms with E-state index in [2.05, 4.69) is 25.7 Å². The molecule has 1 aliphatic rings. The van der Waals surface area contributed by atoms with Gasteiger partial charge in [0.2, 0.25) is 16.9 Å². The molecule has 1 fully saturated rings. The Morgan fingerprint density at radius 3 is 2.89 bits per heavy atom. The third-order valence-corrected chi connectivity index (χ3v) is 5.60. The van der Waals surface area contributed by atoms with E-state index in [-0.39, 0.29) is 24.2 Å². The summed E-state index contributed by atoms with van der Waals surface area (Å²) in [6.07, 6.45) is 5.11. The summed E-state index contributed by atoms with van der Waals surface area (Å²) in [7, 11) is 0. The summed E-state index contributed by atoms with van der Waals surface area (Å²) in [5.74, 6) is -0.552. The number of nitrogens with one attached hydrogen (secondary N) is 2. The number of aromatic amines is 1. The highest BCUT2D eigenvalue weighted by Crippen LogP contribution is 2.28. The van der Waals surface area contributed by atoms with E-state index in [0.717, 1.165) is 16.1 Å². The fourth-order valence-electron chi connectivity index (χ4n) is 3.15. The van der Waals surface area contributed by atoms with Gasteiger partial charge in [0, 0.05) is 32.1 Å². The molecule has 1 atom stereocenters. The Labute approximate surface area is 166 Å². The molecule has 1 saturated heterocycles. The molecule has 8 nitrogen and oxygen atoms in total. The Morgan fingerprint density at radius 1 is 1.25 bits per heavy atom. The first-order valence-electron chi connectivity index (χ1n) is 9.11. The summed E-state index contributed by atoms with van der Waals surface area (Å²) in [4.78, 5) is 26.4. The zero-order valence-corrected chi connectivity index (χ0v) is 16.0. The van der Waals surface area contributed by atoms with Crippen molar-refractivity contribution >= 4 is 28.3 Å². The third-order valence-electron chi connectivity index (χ3n) is 4.65. The van der Waals surface area contributed by atoms with E-state index < -0.39 is 0 Å². The normalized spacial score (nSPS) is 16.5. The molecule has 144 valence electrons. The number of anilines is 1. The molecule has 9 heteroatoms.